The monoisotopic (exact) mass is 279 g/mol. The number of thiophene rings is 1. The van der Waals surface area contributed by atoms with Crippen molar-refractivity contribution in [1.29, 1.82) is 0 Å². The smallest absolute Gasteiger partial charge is 0.179 e. The summed E-state index contributed by atoms with van der Waals surface area (Å²) in [5.41, 5.74) is 0.534. The predicted molar refractivity (Wildman–Crippen MR) is 71.1 cm³/mol. The lowest BCUT2D eigenvalue weighted by Crippen LogP contribution is -2.33. The summed E-state index contributed by atoms with van der Waals surface area (Å²) in [6.45, 7) is 4.57. The van der Waals surface area contributed by atoms with E-state index in [1.165, 1.54) is 11.3 Å². The van der Waals surface area contributed by atoms with Crippen LogP contribution in [0, 0.1) is 0 Å². The highest BCUT2D eigenvalue weighted by Crippen LogP contribution is 2.31. The molecule has 0 fully saturated rings. The van der Waals surface area contributed by atoms with Gasteiger partial charge in [0, 0.05) is 6.04 Å². The Morgan fingerprint density at radius 1 is 1.56 bits per heavy atom. The van der Waals surface area contributed by atoms with E-state index in [9.17, 15) is 4.79 Å². The number of likely N-dealkylation sites (N-methyl/N-ethyl adjacent to an activating group) is 1. The Labute approximate surface area is 110 Å². The lowest BCUT2D eigenvalue weighted by Gasteiger charge is -2.22. The summed E-state index contributed by atoms with van der Waals surface area (Å²) in [7, 11) is 1.94. The zero-order valence-electron chi connectivity index (χ0n) is 9.59. The fourth-order valence-electron chi connectivity index (χ4n) is 1.31. The molecule has 1 aromatic rings. The second kappa shape index (κ2) is 6.01. The number of carbonyl (C=O) groups is 1. The van der Waals surface area contributed by atoms with Gasteiger partial charge in [-0.15, -0.1) is 11.3 Å². The second-order valence-electron chi connectivity index (χ2n) is 3.83. The SMILES string of the molecule is CCC(C)N(C)CC(=O)c1cc(Cl)sc1Cl. The van der Waals surface area contributed by atoms with Crippen LogP contribution in [-0.2, 0) is 0 Å². The highest BCUT2D eigenvalue weighted by molar-refractivity contribution is 7.20. The van der Waals surface area contributed by atoms with Crippen LogP contribution in [0.5, 0.6) is 0 Å². The Hall–Kier alpha value is -0.0900. The largest absolute Gasteiger partial charge is 0.296 e. The minimum atomic E-state index is 0.0240. The molecule has 0 aromatic carbocycles. The molecular weight excluding hydrogens is 265 g/mol. The third kappa shape index (κ3) is 3.45. The van der Waals surface area contributed by atoms with Gasteiger partial charge < -0.3 is 0 Å². The molecule has 0 amide bonds. The van der Waals surface area contributed by atoms with Gasteiger partial charge in [0.2, 0.25) is 0 Å². The van der Waals surface area contributed by atoms with Gasteiger partial charge in [0.05, 0.1) is 16.4 Å². The average molecular weight is 280 g/mol. The lowest BCUT2D eigenvalue weighted by molar-refractivity contribution is 0.0924. The first-order valence-corrected chi connectivity index (χ1v) is 6.71. The van der Waals surface area contributed by atoms with E-state index in [0.717, 1.165) is 6.42 Å². The van der Waals surface area contributed by atoms with E-state index in [1.54, 1.807) is 6.07 Å². The normalized spacial score (nSPS) is 13.1. The van der Waals surface area contributed by atoms with Gasteiger partial charge in [-0.3, -0.25) is 9.69 Å². The highest BCUT2D eigenvalue weighted by Gasteiger charge is 2.17. The Balaban J connectivity index is 2.69. The van der Waals surface area contributed by atoms with Crippen LogP contribution < -0.4 is 0 Å². The van der Waals surface area contributed by atoms with Crippen LogP contribution in [0.25, 0.3) is 0 Å². The Bertz CT molecular complexity index is 378. The van der Waals surface area contributed by atoms with Crippen molar-refractivity contribution in [2.75, 3.05) is 13.6 Å². The van der Waals surface area contributed by atoms with Crippen molar-refractivity contribution in [3.8, 4) is 0 Å². The number of Topliss-reactive ketones (excluding diaryl/α,β-unsaturated/α-hetero) is 1. The fraction of sp³-hybridized carbons (Fsp3) is 0.545. The van der Waals surface area contributed by atoms with Crippen molar-refractivity contribution in [2.45, 2.75) is 26.3 Å². The molecule has 1 atom stereocenters. The Kier molecular flexibility index (Phi) is 5.25. The first kappa shape index (κ1) is 14.0. The summed E-state index contributed by atoms with van der Waals surface area (Å²) in [6, 6.07) is 2.03. The quantitative estimate of drug-likeness (QED) is 0.761. The first-order chi connectivity index (χ1) is 7.45. The number of nitrogens with zero attached hydrogens (tertiary/aromatic N) is 1. The summed E-state index contributed by atoms with van der Waals surface area (Å²) in [4.78, 5) is 13.9. The molecular formula is C11H15Cl2NOS. The molecule has 1 heterocycles. The topological polar surface area (TPSA) is 20.3 Å². The van der Waals surface area contributed by atoms with Crippen molar-refractivity contribution in [2.24, 2.45) is 0 Å². The minimum Gasteiger partial charge on any atom is -0.296 e. The van der Waals surface area contributed by atoms with Crippen molar-refractivity contribution < 1.29 is 4.79 Å². The molecule has 16 heavy (non-hydrogen) atoms. The first-order valence-electron chi connectivity index (χ1n) is 5.14. The molecule has 0 aliphatic carbocycles. The van der Waals surface area contributed by atoms with E-state index in [4.69, 9.17) is 23.2 Å². The molecule has 5 heteroatoms. The van der Waals surface area contributed by atoms with Crippen LogP contribution in [-0.4, -0.2) is 30.3 Å². The van der Waals surface area contributed by atoms with Gasteiger partial charge in [-0.25, -0.2) is 0 Å². The van der Waals surface area contributed by atoms with Crippen LogP contribution in [0.2, 0.25) is 8.67 Å². The molecule has 0 bridgehead atoms. The summed E-state index contributed by atoms with van der Waals surface area (Å²) in [6.07, 6.45) is 1.02. The van der Waals surface area contributed by atoms with E-state index in [0.29, 0.717) is 26.8 Å². The molecule has 0 saturated carbocycles. The van der Waals surface area contributed by atoms with Gasteiger partial charge in [0.15, 0.2) is 5.78 Å². The van der Waals surface area contributed by atoms with Crippen LogP contribution in [0.4, 0.5) is 0 Å². The van der Waals surface area contributed by atoms with Crippen LogP contribution in [0.3, 0.4) is 0 Å². The van der Waals surface area contributed by atoms with Crippen molar-refractivity contribution >= 4 is 40.3 Å². The maximum absolute atomic E-state index is 11.9. The van der Waals surface area contributed by atoms with Gasteiger partial charge in [-0.2, -0.15) is 0 Å². The van der Waals surface area contributed by atoms with Gasteiger partial charge in [0.25, 0.3) is 0 Å². The maximum Gasteiger partial charge on any atom is 0.179 e. The van der Waals surface area contributed by atoms with Crippen LogP contribution in [0.1, 0.15) is 30.6 Å². The van der Waals surface area contributed by atoms with Crippen molar-refractivity contribution in [1.82, 2.24) is 4.90 Å². The lowest BCUT2D eigenvalue weighted by atomic mass is 10.2. The second-order valence-corrected chi connectivity index (χ2v) is 6.12. The molecule has 0 saturated heterocycles. The number of hydrogen-bond acceptors (Lipinski definition) is 3. The molecule has 0 radical (unpaired) electrons. The standard InChI is InChI=1S/C11H15Cl2NOS/c1-4-7(2)14(3)6-9(15)8-5-10(12)16-11(8)13/h5,7H,4,6H2,1-3H3. The summed E-state index contributed by atoms with van der Waals surface area (Å²) in [5, 5.41) is 0. The van der Waals surface area contributed by atoms with Crippen molar-refractivity contribution in [3.05, 3.63) is 20.3 Å². The number of carbonyl (C=O) groups excluding carboxylic acids is 1. The van der Waals surface area contributed by atoms with E-state index >= 15 is 0 Å². The van der Waals surface area contributed by atoms with E-state index in [-0.39, 0.29) is 5.78 Å². The van der Waals surface area contributed by atoms with Gasteiger partial charge in [-0.1, -0.05) is 30.1 Å². The third-order valence-electron chi connectivity index (χ3n) is 2.69. The van der Waals surface area contributed by atoms with Crippen molar-refractivity contribution in [3.63, 3.8) is 0 Å². The number of halogens is 2. The molecule has 2 nitrogen and oxygen atoms in total. The molecule has 0 spiro atoms. The zero-order chi connectivity index (χ0) is 12.3. The highest BCUT2D eigenvalue weighted by atomic mass is 35.5. The predicted octanol–water partition coefficient (Wildman–Crippen LogP) is 3.97. The van der Waals surface area contributed by atoms with Gasteiger partial charge in [0.1, 0.15) is 4.34 Å². The Morgan fingerprint density at radius 3 is 2.62 bits per heavy atom. The maximum atomic E-state index is 11.9. The average Bonchev–Trinajstić information content (AvgIpc) is 2.56. The summed E-state index contributed by atoms with van der Waals surface area (Å²) >= 11 is 13.0. The number of hydrogen-bond donors (Lipinski definition) is 0. The molecule has 0 aliphatic rings. The van der Waals surface area contributed by atoms with Crippen LogP contribution >= 0.6 is 34.5 Å². The summed E-state index contributed by atoms with van der Waals surface area (Å²) in [5.74, 6) is 0.0240. The fourth-order valence-corrected chi connectivity index (χ4v) is 2.81. The zero-order valence-corrected chi connectivity index (χ0v) is 11.9. The Morgan fingerprint density at radius 2 is 2.19 bits per heavy atom. The van der Waals surface area contributed by atoms with E-state index < -0.39 is 0 Å². The van der Waals surface area contributed by atoms with Gasteiger partial charge in [-0.05, 0) is 26.5 Å². The van der Waals surface area contributed by atoms with E-state index in [1.807, 2.05) is 11.9 Å². The molecule has 1 aromatic heterocycles. The minimum absolute atomic E-state index is 0.0240. The molecule has 1 unspecified atom stereocenters. The van der Waals surface area contributed by atoms with E-state index in [2.05, 4.69) is 13.8 Å². The third-order valence-corrected chi connectivity index (χ3v) is 4.18. The number of ketones is 1. The summed E-state index contributed by atoms with van der Waals surface area (Å²) < 4.78 is 1.03. The van der Waals surface area contributed by atoms with Gasteiger partial charge >= 0.3 is 0 Å². The molecule has 0 N–H and O–H groups in total. The number of rotatable bonds is 5. The van der Waals surface area contributed by atoms with Crippen LogP contribution in [0.15, 0.2) is 6.07 Å². The molecule has 90 valence electrons. The molecule has 0 aliphatic heterocycles. The molecule has 1 rings (SSSR count).